The van der Waals surface area contributed by atoms with E-state index < -0.39 is 17.8 Å². The number of aliphatic hydroxyl groups excluding tert-OH is 1. The van der Waals surface area contributed by atoms with Gasteiger partial charge in [0.2, 0.25) is 0 Å². The van der Waals surface area contributed by atoms with Crippen molar-refractivity contribution < 1.29 is 24.5 Å². The van der Waals surface area contributed by atoms with Gasteiger partial charge in [-0.2, -0.15) is 5.26 Å². The van der Waals surface area contributed by atoms with Gasteiger partial charge in [-0.1, -0.05) is 0 Å². The van der Waals surface area contributed by atoms with E-state index in [1.165, 1.54) is 19.2 Å². The third kappa shape index (κ3) is 4.82. The fourth-order valence-corrected chi connectivity index (χ4v) is 1.69. The summed E-state index contributed by atoms with van der Waals surface area (Å²) in [5.41, 5.74) is -0.329. The van der Waals surface area contributed by atoms with Crippen LogP contribution in [-0.4, -0.2) is 29.0 Å². The van der Waals surface area contributed by atoms with E-state index in [0.29, 0.717) is 5.56 Å². The van der Waals surface area contributed by atoms with Crippen molar-refractivity contribution in [2.45, 2.75) is 38.9 Å². The Bertz CT molecular complexity index is 587. The van der Waals surface area contributed by atoms with E-state index in [0.717, 1.165) is 0 Å². The number of hydrogen-bond donors (Lipinski definition) is 3. The average molecular weight is 308 g/mol. The van der Waals surface area contributed by atoms with E-state index in [9.17, 15) is 15.0 Å². The fraction of sp³-hybridized carbons (Fsp3) is 0.467. The Morgan fingerprint density at radius 2 is 2.09 bits per heavy atom. The number of phenols is 1. The van der Waals surface area contributed by atoms with E-state index in [1.807, 2.05) is 6.07 Å². The number of nitrogens with one attached hydrogen (secondary N) is 1. The van der Waals surface area contributed by atoms with E-state index in [2.05, 4.69) is 5.32 Å². The van der Waals surface area contributed by atoms with Gasteiger partial charge < -0.3 is 19.7 Å². The molecule has 1 amide bonds. The molecule has 1 atom stereocenters. The van der Waals surface area contributed by atoms with Crippen molar-refractivity contribution >= 4 is 11.8 Å². The minimum Gasteiger partial charge on any atom is -0.503 e. The number of methoxy groups -OCH3 is 1. The molecule has 0 spiro atoms. The van der Waals surface area contributed by atoms with Crippen molar-refractivity contribution in [3.63, 3.8) is 0 Å². The standard InChI is InChI=1S/C15H20N2O5/c1-15(2,3)22-14(20)17-10-7-9(11(18)5-6-16)8-12(21-4)13(10)19/h7-8,11,18-19H,5H2,1-4H3,(H,17,20). The van der Waals surface area contributed by atoms with Gasteiger partial charge in [0.05, 0.1) is 31.4 Å². The monoisotopic (exact) mass is 308 g/mol. The summed E-state index contributed by atoms with van der Waals surface area (Å²) in [5.74, 6) is -0.221. The van der Waals surface area contributed by atoms with Crippen molar-refractivity contribution in [2.75, 3.05) is 12.4 Å². The molecule has 120 valence electrons. The van der Waals surface area contributed by atoms with Crippen LogP contribution in [0.3, 0.4) is 0 Å². The Morgan fingerprint density at radius 3 is 2.59 bits per heavy atom. The lowest BCUT2D eigenvalue weighted by Gasteiger charge is -2.21. The van der Waals surface area contributed by atoms with Gasteiger partial charge in [0.1, 0.15) is 5.60 Å². The van der Waals surface area contributed by atoms with Crippen molar-refractivity contribution in [2.24, 2.45) is 0 Å². The lowest BCUT2D eigenvalue weighted by atomic mass is 10.1. The maximum Gasteiger partial charge on any atom is 0.412 e. The number of anilines is 1. The predicted molar refractivity (Wildman–Crippen MR) is 79.7 cm³/mol. The first kappa shape index (κ1) is 17.6. The minimum absolute atomic E-state index is 0.0283. The highest BCUT2D eigenvalue weighted by Crippen LogP contribution is 2.38. The summed E-state index contributed by atoms with van der Waals surface area (Å²) in [6, 6.07) is 4.61. The third-order valence-corrected chi connectivity index (χ3v) is 2.62. The highest BCUT2D eigenvalue weighted by Gasteiger charge is 2.20. The molecular formula is C15H20N2O5. The second-order valence-electron chi connectivity index (χ2n) is 5.62. The molecule has 0 aliphatic rings. The van der Waals surface area contributed by atoms with E-state index in [1.54, 1.807) is 20.8 Å². The number of carbonyl (C=O) groups is 1. The molecule has 22 heavy (non-hydrogen) atoms. The second-order valence-corrected chi connectivity index (χ2v) is 5.62. The van der Waals surface area contributed by atoms with Gasteiger partial charge in [-0.05, 0) is 38.5 Å². The molecule has 0 aromatic heterocycles. The van der Waals surface area contributed by atoms with E-state index >= 15 is 0 Å². The van der Waals surface area contributed by atoms with Crippen LogP contribution in [0.25, 0.3) is 0 Å². The number of nitrogens with zero attached hydrogens (tertiary/aromatic N) is 1. The lowest BCUT2D eigenvalue weighted by molar-refractivity contribution is 0.0635. The van der Waals surface area contributed by atoms with Gasteiger partial charge in [0, 0.05) is 0 Å². The van der Waals surface area contributed by atoms with Gasteiger partial charge in [0.25, 0.3) is 0 Å². The molecule has 0 radical (unpaired) electrons. The normalized spacial score (nSPS) is 12.2. The molecule has 7 heteroatoms. The van der Waals surface area contributed by atoms with Crippen molar-refractivity contribution in [1.82, 2.24) is 0 Å². The van der Waals surface area contributed by atoms with Crippen LogP contribution in [0.4, 0.5) is 10.5 Å². The third-order valence-electron chi connectivity index (χ3n) is 2.62. The molecule has 1 unspecified atom stereocenters. The Hall–Kier alpha value is -2.46. The number of carbonyl (C=O) groups excluding carboxylic acids is 1. The smallest absolute Gasteiger partial charge is 0.412 e. The van der Waals surface area contributed by atoms with Crippen LogP contribution in [0.15, 0.2) is 12.1 Å². The Kier molecular flexibility index (Phi) is 5.60. The molecule has 0 heterocycles. The summed E-state index contributed by atoms with van der Waals surface area (Å²) >= 11 is 0. The first-order valence-corrected chi connectivity index (χ1v) is 6.64. The zero-order chi connectivity index (χ0) is 16.9. The van der Waals surface area contributed by atoms with Crippen molar-refractivity contribution in [3.05, 3.63) is 17.7 Å². The number of ether oxygens (including phenoxy) is 2. The van der Waals surface area contributed by atoms with Crippen LogP contribution in [0.1, 0.15) is 38.9 Å². The summed E-state index contributed by atoms with van der Waals surface area (Å²) in [4.78, 5) is 11.8. The van der Waals surface area contributed by atoms with E-state index in [4.69, 9.17) is 14.7 Å². The first-order chi connectivity index (χ1) is 10.2. The van der Waals surface area contributed by atoms with Crippen molar-refractivity contribution in [1.29, 1.82) is 5.26 Å². The highest BCUT2D eigenvalue weighted by molar-refractivity contribution is 5.88. The van der Waals surface area contributed by atoms with Crippen LogP contribution in [0.2, 0.25) is 0 Å². The predicted octanol–water partition coefficient (Wildman–Crippen LogP) is 2.69. The number of hydrogen-bond acceptors (Lipinski definition) is 6. The molecule has 0 bridgehead atoms. The highest BCUT2D eigenvalue weighted by atomic mass is 16.6. The van der Waals surface area contributed by atoms with E-state index in [-0.39, 0.29) is 23.6 Å². The summed E-state index contributed by atoms with van der Waals surface area (Å²) < 4.78 is 10.1. The summed E-state index contributed by atoms with van der Waals surface area (Å²) in [5, 5.41) is 30.9. The van der Waals surface area contributed by atoms with Gasteiger partial charge >= 0.3 is 6.09 Å². The molecule has 0 saturated carbocycles. The molecule has 0 aliphatic heterocycles. The zero-order valence-corrected chi connectivity index (χ0v) is 13.0. The second kappa shape index (κ2) is 7.00. The maximum atomic E-state index is 11.8. The number of amides is 1. The number of rotatable bonds is 4. The van der Waals surface area contributed by atoms with Gasteiger partial charge in [-0.15, -0.1) is 0 Å². The maximum absolute atomic E-state index is 11.8. The number of nitriles is 1. The van der Waals surface area contributed by atoms with Gasteiger partial charge in [-0.3, -0.25) is 5.32 Å². The number of benzene rings is 1. The Balaban J connectivity index is 3.10. The number of phenolic OH excluding ortho intramolecular Hbond substituents is 1. The molecule has 1 rings (SSSR count). The molecule has 0 aliphatic carbocycles. The van der Waals surface area contributed by atoms with Gasteiger partial charge in [-0.25, -0.2) is 4.79 Å². The molecule has 0 fully saturated rings. The summed E-state index contributed by atoms with van der Waals surface area (Å²) in [6.45, 7) is 5.13. The largest absolute Gasteiger partial charge is 0.503 e. The molecule has 3 N–H and O–H groups in total. The molecule has 0 saturated heterocycles. The fourth-order valence-electron chi connectivity index (χ4n) is 1.69. The SMILES string of the molecule is COc1cc(C(O)CC#N)cc(NC(=O)OC(C)(C)C)c1O. The lowest BCUT2D eigenvalue weighted by Crippen LogP contribution is -2.27. The topological polar surface area (TPSA) is 112 Å². The van der Waals surface area contributed by atoms with Crippen LogP contribution in [0, 0.1) is 11.3 Å². The molecular weight excluding hydrogens is 288 g/mol. The van der Waals surface area contributed by atoms with Crippen LogP contribution in [-0.2, 0) is 4.74 Å². The molecule has 1 aromatic rings. The first-order valence-electron chi connectivity index (χ1n) is 6.64. The molecule has 1 aromatic carbocycles. The van der Waals surface area contributed by atoms with Crippen LogP contribution < -0.4 is 10.1 Å². The average Bonchev–Trinajstić information content (AvgIpc) is 2.39. The summed E-state index contributed by atoms with van der Waals surface area (Å²) in [7, 11) is 1.34. The van der Waals surface area contributed by atoms with Gasteiger partial charge in [0.15, 0.2) is 11.5 Å². The molecule has 7 nitrogen and oxygen atoms in total. The van der Waals surface area contributed by atoms with Crippen LogP contribution >= 0.6 is 0 Å². The Labute approximate surface area is 129 Å². The zero-order valence-electron chi connectivity index (χ0n) is 13.0. The Morgan fingerprint density at radius 1 is 1.45 bits per heavy atom. The van der Waals surface area contributed by atoms with Crippen molar-refractivity contribution in [3.8, 4) is 17.6 Å². The quantitative estimate of drug-likeness (QED) is 0.737. The summed E-state index contributed by atoms with van der Waals surface area (Å²) in [6.07, 6.45) is -1.93. The number of aromatic hydroxyl groups is 1. The number of aliphatic hydroxyl groups is 1. The van der Waals surface area contributed by atoms with Crippen LogP contribution in [0.5, 0.6) is 11.5 Å². The minimum atomic E-state index is -1.06.